The molecule has 2 unspecified atom stereocenters. The first-order chi connectivity index (χ1) is 9.61. The van der Waals surface area contributed by atoms with E-state index in [1.54, 1.807) is 0 Å². The van der Waals surface area contributed by atoms with Crippen molar-refractivity contribution in [1.29, 1.82) is 0 Å². The number of nitrogens with zero attached hydrogens (tertiary/aromatic N) is 1. The third kappa shape index (κ3) is 2.77. The Labute approximate surface area is 123 Å². The topological polar surface area (TPSA) is 15.3 Å². The van der Waals surface area contributed by atoms with Crippen LogP contribution in [0.2, 0.25) is 0 Å². The quantitative estimate of drug-likeness (QED) is 0.903. The highest BCUT2D eigenvalue weighted by molar-refractivity contribution is 5.20. The van der Waals surface area contributed by atoms with Crippen LogP contribution in [-0.4, -0.2) is 30.6 Å². The maximum absolute atomic E-state index is 3.71. The van der Waals surface area contributed by atoms with E-state index in [9.17, 15) is 0 Å². The summed E-state index contributed by atoms with van der Waals surface area (Å²) < 4.78 is 0. The van der Waals surface area contributed by atoms with Gasteiger partial charge in [0.2, 0.25) is 0 Å². The van der Waals surface area contributed by atoms with Crippen LogP contribution in [0.3, 0.4) is 0 Å². The molecule has 2 aliphatic rings. The summed E-state index contributed by atoms with van der Waals surface area (Å²) in [4.78, 5) is 2.72. The van der Waals surface area contributed by atoms with Crippen molar-refractivity contribution < 1.29 is 0 Å². The van der Waals surface area contributed by atoms with E-state index >= 15 is 0 Å². The van der Waals surface area contributed by atoms with Crippen LogP contribution in [0.1, 0.15) is 45.2 Å². The SMILES string of the molecule is CC1CNC(c2ccccc2)CN1CC1(C(C)C)CC1. The molecule has 1 saturated carbocycles. The molecule has 0 bridgehead atoms. The van der Waals surface area contributed by atoms with Gasteiger partial charge in [-0.05, 0) is 36.7 Å². The predicted octanol–water partition coefficient (Wildman–Crippen LogP) is 3.46. The summed E-state index contributed by atoms with van der Waals surface area (Å²) in [6.45, 7) is 10.7. The number of hydrogen-bond acceptors (Lipinski definition) is 2. The summed E-state index contributed by atoms with van der Waals surface area (Å²) >= 11 is 0. The van der Waals surface area contributed by atoms with Crippen LogP contribution in [0.4, 0.5) is 0 Å². The summed E-state index contributed by atoms with van der Waals surface area (Å²) in [6.07, 6.45) is 2.86. The molecular formula is C18H28N2. The fraction of sp³-hybridized carbons (Fsp3) is 0.667. The fourth-order valence-electron chi connectivity index (χ4n) is 3.53. The number of nitrogens with one attached hydrogen (secondary N) is 1. The molecule has 2 nitrogen and oxygen atoms in total. The molecule has 1 saturated heterocycles. The largest absolute Gasteiger partial charge is 0.307 e. The number of hydrogen-bond donors (Lipinski definition) is 1. The Hall–Kier alpha value is -0.860. The van der Waals surface area contributed by atoms with Gasteiger partial charge in [-0.1, -0.05) is 44.2 Å². The Morgan fingerprint density at radius 2 is 1.95 bits per heavy atom. The fourth-order valence-corrected chi connectivity index (χ4v) is 3.53. The minimum absolute atomic E-state index is 0.496. The summed E-state index contributed by atoms with van der Waals surface area (Å²) in [6, 6.07) is 12.1. The van der Waals surface area contributed by atoms with E-state index in [2.05, 4.69) is 61.3 Å². The summed E-state index contributed by atoms with van der Waals surface area (Å²) in [7, 11) is 0. The lowest BCUT2D eigenvalue weighted by atomic mass is 9.90. The molecule has 0 aromatic heterocycles. The van der Waals surface area contributed by atoms with Crippen molar-refractivity contribution in [3.8, 4) is 0 Å². The Morgan fingerprint density at radius 3 is 2.55 bits per heavy atom. The van der Waals surface area contributed by atoms with Gasteiger partial charge in [-0.15, -0.1) is 0 Å². The van der Waals surface area contributed by atoms with E-state index in [1.807, 2.05) is 0 Å². The van der Waals surface area contributed by atoms with Gasteiger partial charge in [0.05, 0.1) is 0 Å². The third-order valence-corrected chi connectivity index (χ3v) is 5.54. The molecule has 1 aliphatic heterocycles. The van der Waals surface area contributed by atoms with Crippen molar-refractivity contribution in [2.75, 3.05) is 19.6 Å². The first-order valence-electron chi connectivity index (χ1n) is 8.13. The van der Waals surface area contributed by atoms with Crippen molar-refractivity contribution in [3.63, 3.8) is 0 Å². The standard InChI is InChI=1S/C18H28N2/c1-14(2)18(9-10-18)13-20-12-17(19-11-15(20)3)16-7-5-4-6-8-16/h4-8,14-15,17,19H,9-13H2,1-3H3. The maximum Gasteiger partial charge on any atom is 0.0449 e. The second kappa shape index (κ2) is 5.50. The van der Waals surface area contributed by atoms with Gasteiger partial charge in [-0.3, -0.25) is 4.90 Å². The molecule has 0 amide bonds. The monoisotopic (exact) mass is 272 g/mol. The lowest BCUT2D eigenvalue weighted by molar-refractivity contribution is 0.0988. The van der Waals surface area contributed by atoms with Crippen molar-refractivity contribution in [2.45, 2.75) is 45.7 Å². The van der Waals surface area contributed by atoms with Gasteiger partial charge in [0.15, 0.2) is 0 Å². The highest BCUT2D eigenvalue weighted by Crippen LogP contribution is 2.52. The summed E-state index contributed by atoms with van der Waals surface area (Å²) in [5.74, 6) is 0.819. The molecular weight excluding hydrogens is 244 g/mol. The van der Waals surface area contributed by atoms with Crippen LogP contribution in [-0.2, 0) is 0 Å². The molecule has 1 aromatic rings. The van der Waals surface area contributed by atoms with E-state index < -0.39 is 0 Å². The summed E-state index contributed by atoms with van der Waals surface area (Å²) in [5, 5.41) is 3.71. The van der Waals surface area contributed by atoms with E-state index in [4.69, 9.17) is 0 Å². The highest BCUT2D eigenvalue weighted by atomic mass is 15.2. The third-order valence-electron chi connectivity index (χ3n) is 5.54. The minimum Gasteiger partial charge on any atom is -0.307 e. The molecule has 1 heterocycles. The second-order valence-corrected chi connectivity index (χ2v) is 7.17. The molecule has 3 rings (SSSR count). The van der Waals surface area contributed by atoms with Crippen molar-refractivity contribution >= 4 is 0 Å². The normalized spacial score (nSPS) is 29.6. The predicted molar refractivity (Wildman–Crippen MR) is 84.7 cm³/mol. The Morgan fingerprint density at radius 1 is 1.25 bits per heavy atom. The lowest BCUT2D eigenvalue weighted by Crippen LogP contribution is -2.53. The van der Waals surface area contributed by atoms with Gasteiger partial charge in [0, 0.05) is 31.7 Å². The molecule has 2 heteroatoms. The van der Waals surface area contributed by atoms with E-state index in [0.29, 0.717) is 17.5 Å². The minimum atomic E-state index is 0.496. The zero-order valence-corrected chi connectivity index (χ0v) is 13.1. The van der Waals surface area contributed by atoms with Crippen molar-refractivity contribution in [3.05, 3.63) is 35.9 Å². The maximum atomic E-state index is 3.71. The Bertz CT molecular complexity index is 436. The zero-order chi connectivity index (χ0) is 14.2. The van der Waals surface area contributed by atoms with Crippen LogP contribution in [0.25, 0.3) is 0 Å². The molecule has 1 N–H and O–H groups in total. The Balaban J connectivity index is 1.68. The Kier molecular flexibility index (Phi) is 3.87. The average Bonchev–Trinajstić information content (AvgIpc) is 3.23. The molecule has 2 fully saturated rings. The first-order valence-corrected chi connectivity index (χ1v) is 8.13. The summed E-state index contributed by atoms with van der Waals surface area (Å²) in [5.41, 5.74) is 2.05. The van der Waals surface area contributed by atoms with Gasteiger partial charge in [0.25, 0.3) is 0 Å². The number of rotatable bonds is 4. The smallest absolute Gasteiger partial charge is 0.0449 e. The van der Waals surface area contributed by atoms with Crippen molar-refractivity contribution in [1.82, 2.24) is 10.2 Å². The van der Waals surface area contributed by atoms with Gasteiger partial charge >= 0.3 is 0 Å². The molecule has 2 atom stereocenters. The van der Waals surface area contributed by atoms with Gasteiger partial charge in [0.1, 0.15) is 0 Å². The second-order valence-electron chi connectivity index (χ2n) is 7.17. The molecule has 0 spiro atoms. The molecule has 1 aliphatic carbocycles. The van der Waals surface area contributed by atoms with Gasteiger partial charge in [-0.25, -0.2) is 0 Å². The molecule has 20 heavy (non-hydrogen) atoms. The highest BCUT2D eigenvalue weighted by Gasteiger charge is 2.47. The van der Waals surface area contributed by atoms with Crippen molar-refractivity contribution in [2.24, 2.45) is 11.3 Å². The van der Waals surface area contributed by atoms with Gasteiger partial charge in [-0.2, -0.15) is 0 Å². The van der Waals surface area contributed by atoms with E-state index in [-0.39, 0.29) is 0 Å². The average molecular weight is 272 g/mol. The van der Waals surface area contributed by atoms with Crippen LogP contribution >= 0.6 is 0 Å². The van der Waals surface area contributed by atoms with Gasteiger partial charge < -0.3 is 5.32 Å². The molecule has 1 aromatic carbocycles. The lowest BCUT2D eigenvalue weighted by Gasteiger charge is -2.41. The number of piperazine rings is 1. The van der Waals surface area contributed by atoms with Crippen LogP contribution in [0.15, 0.2) is 30.3 Å². The first kappa shape index (κ1) is 14.1. The van der Waals surface area contributed by atoms with E-state index in [0.717, 1.165) is 19.0 Å². The van der Waals surface area contributed by atoms with Crippen LogP contribution in [0.5, 0.6) is 0 Å². The van der Waals surface area contributed by atoms with E-state index in [1.165, 1.54) is 24.9 Å². The number of benzene rings is 1. The van der Waals surface area contributed by atoms with Crippen LogP contribution < -0.4 is 5.32 Å². The zero-order valence-electron chi connectivity index (χ0n) is 13.1. The molecule has 0 radical (unpaired) electrons. The molecule has 110 valence electrons. The van der Waals surface area contributed by atoms with Crippen LogP contribution in [0, 0.1) is 11.3 Å².